The lowest BCUT2D eigenvalue weighted by atomic mass is 10.1. The number of hydrogen-bond donors (Lipinski definition) is 2. The molecule has 1 aromatic carbocycles. The summed E-state index contributed by atoms with van der Waals surface area (Å²) in [5.74, 6) is -2.04. The number of carbonyl (C=O) groups excluding carboxylic acids is 1. The summed E-state index contributed by atoms with van der Waals surface area (Å²) < 4.78 is 19.6. The Hall–Kier alpha value is -1.95. The molecule has 0 aliphatic heterocycles. The number of carbonyl (C=O) groups is 2. The monoisotopic (exact) mass is 323 g/mol. The van der Waals surface area contributed by atoms with E-state index >= 15 is 0 Å². The van der Waals surface area contributed by atoms with Crippen LogP contribution in [-0.4, -0.2) is 29.2 Å². The van der Waals surface area contributed by atoms with Crippen LogP contribution in [0.25, 0.3) is 0 Å². The Bertz CT molecular complexity index is 570. The summed E-state index contributed by atoms with van der Waals surface area (Å²) in [5, 5.41) is 11.3. The smallest absolute Gasteiger partial charge is 0.307 e. The molecule has 0 saturated heterocycles. The molecular weight excluding hydrogens is 301 g/mol. The second-order valence-electron chi connectivity index (χ2n) is 5.81. The first-order chi connectivity index (χ1) is 11.0. The molecule has 5 nitrogen and oxygen atoms in total. The van der Waals surface area contributed by atoms with Crippen LogP contribution in [0.4, 0.5) is 10.1 Å². The quantitative estimate of drug-likeness (QED) is 0.808. The number of benzene rings is 1. The Labute approximate surface area is 134 Å². The molecule has 6 heteroatoms. The lowest BCUT2D eigenvalue weighted by Crippen LogP contribution is -2.32. The van der Waals surface area contributed by atoms with Gasteiger partial charge in [0.2, 0.25) is 0 Å². The summed E-state index contributed by atoms with van der Waals surface area (Å²) in [4.78, 5) is 22.9. The van der Waals surface area contributed by atoms with Gasteiger partial charge in [-0.3, -0.25) is 9.59 Å². The van der Waals surface area contributed by atoms with E-state index in [0.717, 1.165) is 31.7 Å². The summed E-state index contributed by atoms with van der Waals surface area (Å²) in [6, 6.07) is 4.01. The maximum atomic E-state index is 13.8. The molecule has 0 bridgehead atoms. The average Bonchev–Trinajstić information content (AvgIpc) is 3.00. The van der Waals surface area contributed by atoms with Gasteiger partial charge >= 0.3 is 5.97 Å². The Morgan fingerprint density at radius 1 is 1.39 bits per heavy atom. The molecule has 1 aliphatic rings. The zero-order valence-electron chi connectivity index (χ0n) is 13.2. The fraction of sp³-hybridized carbons (Fsp3) is 0.529. The van der Waals surface area contributed by atoms with E-state index in [-0.39, 0.29) is 24.0 Å². The third-order valence-corrected chi connectivity index (χ3v) is 3.98. The van der Waals surface area contributed by atoms with E-state index in [1.807, 2.05) is 6.92 Å². The van der Waals surface area contributed by atoms with Crippen molar-refractivity contribution in [2.24, 2.45) is 0 Å². The first kappa shape index (κ1) is 17.4. The molecule has 1 aliphatic carbocycles. The van der Waals surface area contributed by atoms with Gasteiger partial charge in [0, 0.05) is 5.69 Å². The van der Waals surface area contributed by atoms with Crippen molar-refractivity contribution in [2.45, 2.75) is 57.7 Å². The number of halogens is 1. The van der Waals surface area contributed by atoms with Crippen molar-refractivity contribution in [1.82, 2.24) is 0 Å². The standard InChI is InChI=1S/C17H22FNO4/c1-2-15(23-13-5-3-4-6-13)17(22)19-12-8-7-11(9-16(20)21)14(18)10-12/h7-8,10,13,15H,2-6,9H2,1H3,(H,19,22)(H,20,21). The maximum absolute atomic E-state index is 13.8. The minimum absolute atomic E-state index is 0.0877. The number of hydrogen-bond acceptors (Lipinski definition) is 3. The van der Waals surface area contributed by atoms with Crippen molar-refractivity contribution >= 4 is 17.6 Å². The molecule has 0 radical (unpaired) electrons. The molecule has 1 aromatic rings. The van der Waals surface area contributed by atoms with E-state index in [4.69, 9.17) is 9.84 Å². The Balaban J connectivity index is 1.97. The van der Waals surface area contributed by atoms with Gasteiger partial charge in [-0.15, -0.1) is 0 Å². The second-order valence-corrected chi connectivity index (χ2v) is 5.81. The topological polar surface area (TPSA) is 75.6 Å². The highest BCUT2D eigenvalue weighted by Crippen LogP contribution is 2.23. The minimum Gasteiger partial charge on any atom is -0.481 e. The van der Waals surface area contributed by atoms with Crippen LogP contribution in [0.15, 0.2) is 18.2 Å². The summed E-state index contributed by atoms with van der Waals surface area (Å²) in [5.41, 5.74) is 0.389. The highest BCUT2D eigenvalue weighted by molar-refractivity contribution is 5.94. The third kappa shape index (κ3) is 5.03. The normalized spacial score (nSPS) is 16.3. The fourth-order valence-electron chi connectivity index (χ4n) is 2.75. The third-order valence-electron chi connectivity index (χ3n) is 3.98. The Morgan fingerprint density at radius 2 is 2.09 bits per heavy atom. The van der Waals surface area contributed by atoms with Crippen LogP contribution in [0.2, 0.25) is 0 Å². The SMILES string of the molecule is CCC(OC1CCCC1)C(=O)Nc1ccc(CC(=O)O)c(F)c1. The number of carboxylic acid groups (broad SMARTS) is 1. The van der Waals surface area contributed by atoms with Crippen molar-refractivity contribution < 1.29 is 23.8 Å². The van der Waals surface area contributed by atoms with Gasteiger partial charge in [-0.05, 0) is 37.0 Å². The van der Waals surface area contributed by atoms with Crippen LogP contribution in [0.5, 0.6) is 0 Å². The van der Waals surface area contributed by atoms with Gasteiger partial charge in [0.05, 0.1) is 12.5 Å². The lowest BCUT2D eigenvalue weighted by Gasteiger charge is -2.20. The summed E-state index contributed by atoms with van der Waals surface area (Å²) in [7, 11) is 0. The largest absolute Gasteiger partial charge is 0.481 e. The zero-order valence-corrected chi connectivity index (χ0v) is 13.2. The number of aliphatic carboxylic acids is 1. The van der Waals surface area contributed by atoms with Crippen molar-refractivity contribution in [3.63, 3.8) is 0 Å². The molecule has 1 atom stereocenters. The van der Waals surface area contributed by atoms with Crippen molar-refractivity contribution in [1.29, 1.82) is 0 Å². The minimum atomic E-state index is -1.10. The van der Waals surface area contributed by atoms with Crippen LogP contribution in [0, 0.1) is 5.82 Å². The van der Waals surface area contributed by atoms with E-state index in [1.54, 1.807) is 0 Å². The molecular formula is C17H22FNO4. The van der Waals surface area contributed by atoms with Gasteiger partial charge in [-0.1, -0.05) is 25.8 Å². The maximum Gasteiger partial charge on any atom is 0.307 e. The molecule has 1 saturated carbocycles. The highest BCUT2D eigenvalue weighted by atomic mass is 19.1. The number of ether oxygens (including phenoxy) is 1. The summed E-state index contributed by atoms with van der Waals surface area (Å²) in [6.07, 6.45) is 3.92. The number of nitrogens with one attached hydrogen (secondary N) is 1. The molecule has 126 valence electrons. The molecule has 0 heterocycles. The van der Waals surface area contributed by atoms with Crippen molar-refractivity contribution in [3.05, 3.63) is 29.6 Å². The highest BCUT2D eigenvalue weighted by Gasteiger charge is 2.24. The van der Waals surface area contributed by atoms with E-state index in [0.29, 0.717) is 12.1 Å². The molecule has 1 fully saturated rings. The molecule has 1 amide bonds. The second kappa shape index (κ2) is 8.06. The molecule has 0 aromatic heterocycles. The number of anilines is 1. The van der Waals surface area contributed by atoms with Crippen LogP contribution >= 0.6 is 0 Å². The van der Waals surface area contributed by atoms with Crippen LogP contribution in [0.3, 0.4) is 0 Å². The molecule has 2 rings (SSSR count). The van der Waals surface area contributed by atoms with Crippen molar-refractivity contribution in [2.75, 3.05) is 5.32 Å². The first-order valence-corrected chi connectivity index (χ1v) is 7.96. The fourth-order valence-corrected chi connectivity index (χ4v) is 2.75. The van der Waals surface area contributed by atoms with Crippen molar-refractivity contribution in [3.8, 4) is 0 Å². The van der Waals surface area contributed by atoms with Gasteiger partial charge in [-0.25, -0.2) is 4.39 Å². The van der Waals surface area contributed by atoms with Crippen LogP contribution < -0.4 is 5.32 Å². The van der Waals surface area contributed by atoms with E-state index in [9.17, 15) is 14.0 Å². The average molecular weight is 323 g/mol. The van der Waals surface area contributed by atoms with Gasteiger partial charge in [0.25, 0.3) is 5.91 Å². The van der Waals surface area contributed by atoms with Gasteiger partial charge < -0.3 is 15.2 Å². The van der Waals surface area contributed by atoms with Gasteiger partial charge in [0.1, 0.15) is 11.9 Å². The van der Waals surface area contributed by atoms with Crippen LogP contribution in [0.1, 0.15) is 44.6 Å². The van der Waals surface area contributed by atoms with Crippen LogP contribution in [-0.2, 0) is 20.7 Å². The van der Waals surface area contributed by atoms with E-state index in [2.05, 4.69) is 5.32 Å². The van der Waals surface area contributed by atoms with Gasteiger partial charge in [0.15, 0.2) is 0 Å². The van der Waals surface area contributed by atoms with E-state index < -0.39 is 17.9 Å². The predicted octanol–water partition coefficient (Wildman–Crippen LogP) is 3.13. The van der Waals surface area contributed by atoms with Gasteiger partial charge in [-0.2, -0.15) is 0 Å². The first-order valence-electron chi connectivity index (χ1n) is 7.96. The summed E-state index contributed by atoms with van der Waals surface area (Å²) >= 11 is 0. The predicted molar refractivity (Wildman–Crippen MR) is 83.8 cm³/mol. The summed E-state index contributed by atoms with van der Waals surface area (Å²) in [6.45, 7) is 1.87. The molecule has 2 N–H and O–H groups in total. The zero-order chi connectivity index (χ0) is 16.8. The Kier molecular flexibility index (Phi) is 6.10. The number of amides is 1. The molecule has 0 spiro atoms. The Morgan fingerprint density at radius 3 is 2.65 bits per heavy atom. The number of rotatable bonds is 7. The lowest BCUT2D eigenvalue weighted by molar-refractivity contribution is -0.136. The van der Waals surface area contributed by atoms with E-state index in [1.165, 1.54) is 12.1 Å². The number of carboxylic acids is 1. The molecule has 1 unspecified atom stereocenters. The molecule has 23 heavy (non-hydrogen) atoms.